The van der Waals surface area contributed by atoms with Crippen molar-refractivity contribution in [1.82, 2.24) is 0 Å². The molecule has 0 aliphatic rings. The van der Waals surface area contributed by atoms with E-state index in [-0.39, 0.29) is 5.54 Å². The average molecular weight is 170 g/mol. The van der Waals surface area contributed by atoms with Crippen LogP contribution >= 0.6 is 11.3 Å². The van der Waals surface area contributed by atoms with Crippen molar-refractivity contribution < 1.29 is 0 Å². The first-order chi connectivity index (χ1) is 5.02. The molecule has 0 unspecified atom stereocenters. The van der Waals surface area contributed by atoms with E-state index in [2.05, 4.69) is 20.8 Å². The van der Waals surface area contributed by atoms with Crippen LogP contribution in [0.3, 0.4) is 0 Å². The molecule has 0 amide bonds. The molecule has 0 radical (unpaired) electrons. The van der Waals surface area contributed by atoms with Gasteiger partial charge in [-0.1, -0.05) is 0 Å². The van der Waals surface area contributed by atoms with E-state index in [0.29, 0.717) is 0 Å². The van der Waals surface area contributed by atoms with E-state index >= 15 is 0 Å². The van der Waals surface area contributed by atoms with Gasteiger partial charge in [0.1, 0.15) is 0 Å². The molecular weight excluding hydrogens is 156 g/mol. The number of anilines is 1. The zero-order chi connectivity index (χ0) is 8.48. The molecule has 3 heteroatoms. The fourth-order valence-corrected chi connectivity index (χ4v) is 1.41. The smallest absolute Gasteiger partial charge is 0.0630 e. The Kier molecular flexibility index (Phi) is 2.20. The number of hydrazine groups is 1. The molecule has 11 heavy (non-hydrogen) atoms. The van der Waals surface area contributed by atoms with E-state index < -0.39 is 0 Å². The summed E-state index contributed by atoms with van der Waals surface area (Å²) in [5, 5.41) is 5.86. The summed E-state index contributed by atoms with van der Waals surface area (Å²) in [6.45, 7) is 6.26. The third kappa shape index (κ3) is 1.94. The van der Waals surface area contributed by atoms with E-state index in [4.69, 9.17) is 5.84 Å². The fraction of sp³-hybridized carbons (Fsp3) is 0.500. The molecule has 1 aromatic heterocycles. The number of hydrogen-bond acceptors (Lipinski definition) is 3. The monoisotopic (exact) mass is 170 g/mol. The summed E-state index contributed by atoms with van der Waals surface area (Å²) in [5.41, 5.74) is 1.09. The first-order valence-corrected chi connectivity index (χ1v) is 4.53. The summed E-state index contributed by atoms with van der Waals surface area (Å²) in [6, 6.07) is 2.02. The lowest BCUT2D eigenvalue weighted by Crippen LogP contribution is -2.46. The van der Waals surface area contributed by atoms with Crippen molar-refractivity contribution >= 4 is 17.0 Å². The minimum Gasteiger partial charge on any atom is -0.305 e. The summed E-state index contributed by atoms with van der Waals surface area (Å²) in [7, 11) is 0. The Balaban J connectivity index is 2.78. The van der Waals surface area contributed by atoms with Gasteiger partial charge in [0.25, 0.3) is 0 Å². The number of nitrogens with two attached hydrogens (primary N) is 1. The molecule has 0 spiro atoms. The molecule has 1 rings (SSSR count). The van der Waals surface area contributed by atoms with Gasteiger partial charge in [0.15, 0.2) is 0 Å². The van der Waals surface area contributed by atoms with Gasteiger partial charge in [-0.15, -0.1) is 0 Å². The summed E-state index contributed by atoms with van der Waals surface area (Å²) in [6.07, 6.45) is 0. The van der Waals surface area contributed by atoms with Crippen LogP contribution in [-0.4, -0.2) is 5.54 Å². The third-order valence-electron chi connectivity index (χ3n) is 1.51. The van der Waals surface area contributed by atoms with Crippen molar-refractivity contribution in [3.63, 3.8) is 0 Å². The van der Waals surface area contributed by atoms with Gasteiger partial charge in [0, 0.05) is 10.9 Å². The number of rotatable bonds is 1. The van der Waals surface area contributed by atoms with Crippen LogP contribution in [-0.2, 0) is 0 Å². The molecule has 0 fully saturated rings. The molecule has 62 valence electrons. The molecule has 1 aromatic rings. The van der Waals surface area contributed by atoms with Crippen LogP contribution < -0.4 is 10.9 Å². The standard InChI is InChI=1S/C8H14N2S/c1-8(2,3)10(9)7-4-5-11-6-7/h4-6H,9H2,1-3H3. The maximum Gasteiger partial charge on any atom is 0.0630 e. The fourth-order valence-electron chi connectivity index (χ4n) is 0.782. The highest BCUT2D eigenvalue weighted by molar-refractivity contribution is 7.08. The lowest BCUT2D eigenvalue weighted by Gasteiger charge is -2.32. The molecule has 1 heterocycles. The Hall–Kier alpha value is -0.540. The minimum absolute atomic E-state index is 0.00106. The number of hydrogen-bond donors (Lipinski definition) is 1. The van der Waals surface area contributed by atoms with E-state index in [1.165, 1.54) is 0 Å². The second-order valence-electron chi connectivity index (χ2n) is 3.52. The van der Waals surface area contributed by atoms with Crippen molar-refractivity contribution in [1.29, 1.82) is 0 Å². The Bertz CT molecular complexity index is 210. The topological polar surface area (TPSA) is 29.3 Å². The zero-order valence-corrected chi connectivity index (χ0v) is 7.98. The van der Waals surface area contributed by atoms with Gasteiger partial charge in [-0.3, -0.25) is 0 Å². The predicted molar refractivity (Wildman–Crippen MR) is 50.7 cm³/mol. The van der Waals surface area contributed by atoms with Crippen LogP contribution in [0.4, 0.5) is 5.69 Å². The second kappa shape index (κ2) is 2.83. The average Bonchev–Trinajstić information content (AvgIpc) is 2.34. The summed E-state index contributed by atoms with van der Waals surface area (Å²) in [5.74, 6) is 5.86. The molecule has 0 aliphatic heterocycles. The first-order valence-electron chi connectivity index (χ1n) is 3.59. The van der Waals surface area contributed by atoms with E-state index in [1.54, 1.807) is 16.3 Å². The van der Waals surface area contributed by atoms with Gasteiger partial charge >= 0.3 is 0 Å². The van der Waals surface area contributed by atoms with Crippen LogP contribution in [0.25, 0.3) is 0 Å². The Morgan fingerprint density at radius 1 is 1.45 bits per heavy atom. The van der Waals surface area contributed by atoms with Crippen LogP contribution in [0.1, 0.15) is 20.8 Å². The first kappa shape index (κ1) is 8.56. The molecule has 0 atom stereocenters. The molecule has 0 aromatic carbocycles. The van der Waals surface area contributed by atoms with Gasteiger partial charge in [-0.2, -0.15) is 11.3 Å². The van der Waals surface area contributed by atoms with Gasteiger partial charge < -0.3 is 5.01 Å². The van der Waals surface area contributed by atoms with Gasteiger partial charge in [0.2, 0.25) is 0 Å². The third-order valence-corrected chi connectivity index (χ3v) is 2.18. The molecule has 2 nitrogen and oxygen atoms in total. The number of nitrogens with zero attached hydrogens (tertiary/aromatic N) is 1. The van der Waals surface area contributed by atoms with Crippen LogP contribution in [0.2, 0.25) is 0 Å². The molecule has 0 aliphatic carbocycles. The Labute approximate surface area is 71.6 Å². The lowest BCUT2D eigenvalue weighted by molar-refractivity contribution is 0.514. The Morgan fingerprint density at radius 2 is 2.09 bits per heavy atom. The minimum atomic E-state index is 0.00106. The molecular formula is C8H14N2S. The van der Waals surface area contributed by atoms with Crippen molar-refractivity contribution in [3.8, 4) is 0 Å². The predicted octanol–water partition coefficient (Wildman–Crippen LogP) is 2.23. The highest BCUT2D eigenvalue weighted by Crippen LogP contribution is 2.21. The molecule has 0 saturated heterocycles. The van der Waals surface area contributed by atoms with Crippen LogP contribution in [0.15, 0.2) is 16.8 Å². The molecule has 0 bridgehead atoms. The van der Waals surface area contributed by atoms with Crippen LogP contribution in [0, 0.1) is 0 Å². The normalized spacial score (nSPS) is 11.6. The van der Waals surface area contributed by atoms with E-state index in [0.717, 1.165) is 5.69 Å². The lowest BCUT2D eigenvalue weighted by atomic mass is 10.1. The summed E-state index contributed by atoms with van der Waals surface area (Å²) >= 11 is 1.66. The van der Waals surface area contributed by atoms with Gasteiger partial charge in [-0.05, 0) is 32.2 Å². The SMILES string of the molecule is CC(C)(C)N(N)c1ccsc1. The Morgan fingerprint density at radius 3 is 2.45 bits per heavy atom. The molecule has 0 saturated carbocycles. The van der Waals surface area contributed by atoms with Crippen molar-refractivity contribution in [3.05, 3.63) is 16.8 Å². The maximum atomic E-state index is 5.86. The van der Waals surface area contributed by atoms with Crippen molar-refractivity contribution in [2.24, 2.45) is 5.84 Å². The zero-order valence-electron chi connectivity index (χ0n) is 7.16. The van der Waals surface area contributed by atoms with Gasteiger partial charge in [0.05, 0.1) is 5.69 Å². The van der Waals surface area contributed by atoms with E-state index in [9.17, 15) is 0 Å². The summed E-state index contributed by atoms with van der Waals surface area (Å²) < 4.78 is 0. The highest BCUT2D eigenvalue weighted by Gasteiger charge is 2.17. The molecule has 2 N–H and O–H groups in total. The maximum absolute atomic E-state index is 5.86. The van der Waals surface area contributed by atoms with E-state index in [1.807, 2.05) is 16.8 Å². The summed E-state index contributed by atoms with van der Waals surface area (Å²) in [4.78, 5) is 0. The van der Waals surface area contributed by atoms with Crippen molar-refractivity contribution in [2.45, 2.75) is 26.3 Å². The second-order valence-corrected chi connectivity index (χ2v) is 4.30. The van der Waals surface area contributed by atoms with Gasteiger partial charge in [-0.25, -0.2) is 5.84 Å². The largest absolute Gasteiger partial charge is 0.305 e. The number of thiophene rings is 1. The quantitative estimate of drug-likeness (QED) is 0.517. The van der Waals surface area contributed by atoms with Crippen LogP contribution in [0.5, 0.6) is 0 Å². The van der Waals surface area contributed by atoms with Crippen molar-refractivity contribution in [2.75, 3.05) is 5.01 Å². The highest BCUT2D eigenvalue weighted by atomic mass is 32.1.